The van der Waals surface area contributed by atoms with Crippen molar-refractivity contribution in [2.24, 2.45) is 0 Å². The van der Waals surface area contributed by atoms with Gasteiger partial charge in [-0.25, -0.2) is 4.98 Å². The van der Waals surface area contributed by atoms with E-state index in [0.29, 0.717) is 27.7 Å². The van der Waals surface area contributed by atoms with E-state index in [4.69, 9.17) is 16.6 Å². The van der Waals surface area contributed by atoms with Crippen molar-refractivity contribution >= 4 is 34.8 Å². The predicted octanol–water partition coefficient (Wildman–Crippen LogP) is 4.23. The summed E-state index contributed by atoms with van der Waals surface area (Å²) in [5.41, 5.74) is 0.616. The number of halogens is 1. The van der Waals surface area contributed by atoms with Crippen molar-refractivity contribution in [3.8, 4) is 11.3 Å². The molecule has 3 aromatic rings. The van der Waals surface area contributed by atoms with E-state index in [1.165, 1.54) is 11.3 Å². The minimum atomic E-state index is -1.47. The lowest BCUT2D eigenvalue weighted by atomic mass is 9.66. The van der Waals surface area contributed by atoms with Crippen LogP contribution in [0.5, 0.6) is 0 Å². The van der Waals surface area contributed by atoms with E-state index in [1.54, 1.807) is 11.4 Å². The molecule has 2 heterocycles. The molecule has 1 amide bonds. The molecule has 3 N–H and O–H groups in total. The third-order valence-electron chi connectivity index (χ3n) is 5.94. The Hall–Kier alpha value is -2.74. The summed E-state index contributed by atoms with van der Waals surface area (Å²) in [6.07, 6.45) is -0.468. The summed E-state index contributed by atoms with van der Waals surface area (Å²) in [5, 5.41) is 26.1. The SMILES string of the molecule is O=C(O)C[C@@]1(c2nc(-c3ccccc3Cl)cs2)C(=O)NCCC(O)C[C@H]1c1ccccc1. The summed E-state index contributed by atoms with van der Waals surface area (Å²) in [4.78, 5) is 30.4. The molecule has 0 spiro atoms. The van der Waals surface area contributed by atoms with Crippen LogP contribution < -0.4 is 5.32 Å². The van der Waals surface area contributed by atoms with E-state index in [9.17, 15) is 19.8 Å². The average Bonchev–Trinajstić information content (AvgIpc) is 3.26. The number of aliphatic hydroxyl groups is 1. The lowest BCUT2D eigenvalue weighted by molar-refractivity contribution is -0.143. The lowest BCUT2D eigenvalue weighted by Gasteiger charge is -2.40. The van der Waals surface area contributed by atoms with E-state index in [0.717, 1.165) is 5.56 Å². The molecule has 1 unspecified atom stereocenters. The molecule has 32 heavy (non-hydrogen) atoms. The molecule has 3 atom stereocenters. The standard InChI is InChI=1S/C24H23ClN2O4S/c25-19-9-5-4-8-17(19)20-14-32-23(27-20)24(13-21(29)30)18(15-6-2-1-3-7-15)12-16(28)10-11-26-22(24)31/h1-9,14,16,18,28H,10-13H2,(H,26,31)(H,29,30)/t16?,18-,24-/m0/s1. The summed E-state index contributed by atoms with van der Waals surface area (Å²) in [5.74, 6) is -2.06. The van der Waals surface area contributed by atoms with Gasteiger partial charge in [-0.05, 0) is 24.5 Å². The van der Waals surface area contributed by atoms with Gasteiger partial charge in [-0.3, -0.25) is 9.59 Å². The number of aliphatic hydroxyl groups excluding tert-OH is 1. The number of carboxylic acid groups (broad SMARTS) is 1. The summed E-state index contributed by atoms with van der Waals surface area (Å²) < 4.78 is 0. The first-order chi connectivity index (χ1) is 15.4. The molecule has 0 saturated carbocycles. The zero-order chi connectivity index (χ0) is 22.7. The quantitative estimate of drug-likeness (QED) is 0.518. The Balaban J connectivity index is 1.92. The summed E-state index contributed by atoms with van der Waals surface area (Å²) in [6, 6.07) is 16.6. The molecule has 6 nitrogen and oxygen atoms in total. The summed E-state index contributed by atoms with van der Waals surface area (Å²) in [6.45, 7) is 0.269. The van der Waals surface area contributed by atoms with Gasteiger partial charge >= 0.3 is 5.97 Å². The maximum atomic E-state index is 13.6. The highest BCUT2D eigenvalue weighted by Crippen LogP contribution is 2.48. The highest BCUT2D eigenvalue weighted by molar-refractivity contribution is 7.10. The van der Waals surface area contributed by atoms with Gasteiger partial charge in [0.1, 0.15) is 10.4 Å². The number of hydrogen-bond acceptors (Lipinski definition) is 5. The number of rotatable bonds is 5. The van der Waals surface area contributed by atoms with Crippen LogP contribution in [-0.2, 0) is 15.0 Å². The van der Waals surface area contributed by atoms with Gasteiger partial charge in [0, 0.05) is 28.4 Å². The number of aromatic nitrogens is 1. The smallest absolute Gasteiger partial charge is 0.304 e. The molecule has 0 bridgehead atoms. The first-order valence-electron chi connectivity index (χ1n) is 10.4. The van der Waals surface area contributed by atoms with Crippen LogP contribution in [0.2, 0.25) is 5.02 Å². The first kappa shape index (κ1) is 22.5. The molecule has 1 aliphatic heterocycles. The van der Waals surface area contributed by atoms with Gasteiger partial charge in [0.2, 0.25) is 5.91 Å². The molecule has 166 valence electrons. The zero-order valence-corrected chi connectivity index (χ0v) is 18.8. The molecule has 1 aromatic heterocycles. The Labute approximate surface area is 194 Å². The summed E-state index contributed by atoms with van der Waals surface area (Å²) in [7, 11) is 0. The fraction of sp³-hybridized carbons (Fsp3) is 0.292. The van der Waals surface area contributed by atoms with Gasteiger partial charge in [-0.2, -0.15) is 0 Å². The highest BCUT2D eigenvalue weighted by Gasteiger charge is 2.52. The maximum Gasteiger partial charge on any atom is 0.304 e. The van der Waals surface area contributed by atoms with Crippen LogP contribution in [0.15, 0.2) is 60.0 Å². The molecule has 0 radical (unpaired) electrons. The van der Waals surface area contributed by atoms with Crippen molar-refractivity contribution in [3.63, 3.8) is 0 Å². The number of amides is 1. The van der Waals surface area contributed by atoms with Crippen molar-refractivity contribution in [1.82, 2.24) is 10.3 Å². The van der Waals surface area contributed by atoms with Crippen LogP contribution in [0.1, 0.15) is 35.8 Å². The molecule has 8 heteroatoms. The van der Waals surface area contributed by atoms with Gasteiger partial charge in [0.25, 0.3) is 0 Å². The fourth-order valence-corrected chi connectivity index (χ4v) is 5.70. The van der Waals surface area contributed by atoms with Crippen LogP contribution in [0.4, 0.5) is 0 Å². The van der Waals surface area contributed by atoms with E-state index in [-0.39, 0.29) is 18.9 Å². The number of nitrogens with one attached hydrogen (secondary N) is 1. The van der Waals surface area contributed by atoms with Gasteiger partial charge in [0.05, 0.1) is 18.2 Å². The normalized spacial score (nSPS) is 23.8. The van der Waals surface area contributed by atoms with E-state index >= 15 is 0 Å². The number of nitrogens with zero attached hydrogens (tertiary/aromatic N) is 1. The zero-order valence-electron chi connectivity index (χ0n) is 17.2. The Morgan fingerprint density at radius 1 is 1.19 bits per heavy atom. The van der Waals surface area contributed by atoms with Crippen LogP contribution in [0.25, 0.3) is 11.3 Å². The average molecular weight is 471 g/mol. The number of thiazole rings is 1. The molecule has 1 aliphatic rings. The predicted molar refractivity (Wildman–Crippen MR) is 124 cm³/mol. The Bertz CT molecular complexity index is 1120. The highest BCUT2D eigenvalue weighted by atomic mass is 35.5. The monoisotopic (exact) mass is 470 g/mol. The molecule has 1 fully saturated rings. The van der Waals surface area contributed by atoms with Gasteiger partial charge < -0.3 is 15.5 Å². The van der Waals surface area contributed by atoms with Crippen LogP contribution in [0, 0.1) is 0 Å². The van der Waals surface area contributed by atoms with Crippen molar-refractivity contribution in [2.45, 2.75) is 36.7 Å². The number of carbonyl (C=O) groups is 2. The van der Waals surface area contributed by atoms with Crippen molar-refractivity contribution in [2.75, 3.05) is 6.54 Å². The van der Waals surface area contributed by atoms with E-state index in [2.05, 4.69) is 5.32 Å². The first-order valence-corrected chi connectivity index (χ1v) is 11.6. The molecular weight excluding hydrogens is 448 g/mol. The molecule has 0 aliphatic carbocycles. The number of carboxylic acids is 1. The lowest BCUT2D eigenvalue weighted by Crippen LogP contribution is -2.52. The van der Waals surface area contributed by atoms with E-state index in [1.807, 2.05) is 48.5 Å². The number of hydrogen-bond donors (Lipinski definition) is 3. The minimum Gasteiger partial charge on any atom is -0.481 e. The second-order valence-electron chi connectivity index (χ2n) is 7.96. The molecule has 2 aromatic carbocycles. The molecule has 4 rings (SSSR count). The largest absolute Gasteiger partial charge is 0.481 e. The minimum absolute atomic E-state index is 0.256. The number of aliphatic carboxylic acids is 1. The van der Waals surface area contributed by atoms with Gasteiger partial charge in [0.15, 0.2) is 0 Å². The number of carbonyl (C=O) groups excluding carboxylic acids is 1. The summed E-state index contributed by atoms with van der Waals surface area (Å²) >= 11 is 7.60. The van der Waals surface area contributed by atoms with Gasteiger partial charge in [-0.15, -0.1) is 11.3 Å². The maximum absolute atomic E-state index is 13.6. The third kappa shape index (κ3) is 4.28. The van der Waals surface area contributed by atoms with Crippen LogP contribution in [0.3, 0.4) is 0 Å². The third-order valence-corrected chi connectivity index (χ3v) is 7.29. The van der Waals surface area contributed by atoms with Crippen LogP contribution >= 0.6 is 22.9 Å². The Morgan fingerprint density at radius 2 is 1.91 bits per heavy atom. The Kier molecular flexibility index (Phi) is 6.60. The second-order valence-corrected chi connectivity index (χ2v) is 9.22. The van der Waals surface area contributed by atoms with E-state index < -0.39 is 29.8 Å². The van der Waals surface area contributed by atoms with Crippen molar-refractivity contribution in [1.29, 1.82) is 0 Å². The fourth-order valence-electron chi connectivity index (χ4n) is 4.40. The molecular formula is C24H23ClN2O4S. The van der Waals surface area contributed by atoms with Crippen molar-refractivity contribution < 1.29 is 19.8 Å². The van der Waals surface area contributed by atoms with Crippen LogP contribution in [-0.4, -0.2) is 39.7 Å². The van der Waals surface area contributed by atoms with Crippen molar-refractivity contribution in [3.05, 3.63) is 75.6 Å². The number of benzene rings is 2. The van der Waals surface area contributed by atoms with Gasteiger partial charge in [-0.1, -0.05) is 60.1 Å². The second kappa shape index (κ2) is 9.40. The Morgan fingerprint density at radius 3 is 2.62 bits per heavy atom. The topological polar surface area (TPSA) is 99.5 Å². The molecule has 1 saturated heterocycles.